The monoisotopic (exact) mass is 307 g/mol. The number of amides is 1. The molecule has 1 fully saturated rings. The largest absolute Gasteiger partial charge is 0.438 e. The summed E-state index contributed by atoms with van der Waals surface area (Å²) >= 11 is 0. The molecule has 1 aliphatic heterocycles. The average molecular weight is 307 g/mol. The van der Waals surface area contributed by atoms with E-state index in [2.05, 4.69) is 18.2 Å². The normalized spacial score (nSPS) is 19.3. The van der Waals surface area contributed by atoms with Gasteiger partial charge in [-0.3, -0.25) is 4.90 Å². The maximum Gasteiger partial charge on any atom is 0.415 e. The molecule has 2 aliphatic rings. The van der Waals surface area contributed by atoms with Gasteiger partial charge in [-0.05, 0) is 37.3 Å². The fourth-order valence-corrected chi connectivity index (χ4v) is 3.88. The molecule has 0 N–H and O–H groups in total. The smallest absolute Gasteiger partial charge is 0.415 e. The van der Waals surface area contributed by atoms with Gasteiger partial charge in [-0.25, -0.2) is 4.79 Å². The summed E-state index contributed by atoms with van der Waals surface area (Å²) in [7, 11) is 0. The van der Waals surface area contributed by atoms with E-state index in [1.54, 1.807) is 4.90 Å². The molecule has 0 radical (unpaired) electrons. The zero-order valence-corrected chi connectivity index (χ0v) is 13.2. The molecule has 0 bridgehead atoms. The number of rotatable bonds is 2. The van der Waals surface area contributed by atoms with Crippen molar-refractivity contribution in [2.24, 2.45) is 0 Å². The van der Waals surface area contributed by atoms with Crippen LogP contribution in [0.2, 0.25) is 0 Å². The number of benzene rings is 2. The number of ether oxygens (including phenoxy) is 1. The zero-order valence-electron chi connectivity index (χ0n) is 13.2. The maximum atomic E-state index is 12.7. The number of nitrogens with zero attached hydrogens (tertiary/aromatic N) is 1. The second-order valence-electron chi connectivity index (χ2n) is 6.51. The van der Waals surface area contributed by atoms with Crippen molar-refractivity contribution in [2.75, 3.05) is 4.90 Å². The molecule has 4 rings (SSSR count). The zero-order chi connectivity index (χ0) is 15.7. The van der Waals surface area contributed by atoms with Crippen LogP contribution in [0.5, 0.6) is 0 Å². The molecule has 1 heterocycles. The van der Waals surface area contributed by atoms with Crippen LogP contribution in [0, 0.1) is 0 Å². The first kappa shape index (κ1) is 14.3. The molecule has 0 saturated heterocycles. The predicted molar refractivity (Wildman–Crippen MR) is 90.3 cm³/mol. The minimum atomic E-state index is -0.404. The molecule has 2 aromatic carbocycles. The predicted octanol–water partition coefficient (Wildman–Crippen LogP) is 5.00. The van der Waals surface area contributed by atoms with E-state index >= 15 is 0 Å². The Morgan fingerprint density at radius 2 is 1.61 bits per heavy atom. The third-order valence-electron chi connectivity index (χ3n) is 5.03. The SMILES string of the molecule is O=C1OC2(CCCCC2)c2ccccc2N1Cc1ccccc1. The lowest BCUT2D eigenvalue weighted by molar-refractivity contribution is -0.0232. The number of carbonyl (C=O) groups is 1. The molecule has 1 saturated carbocycles. The van der Waals surface area contributed by atoms with Crippen molar-refractivity contribution in [3.8, 4) is 0 Å². The Morgan fingerprint density at radius 1 is 0.913 bits per heavy atom. The summed E-state index contributed by atoms with van der Waals surface area (Å²) in [6, 6.07) is 18.3. The fourth-order valence-electron chi connectivity index (χ4n) is 3.88. The van der Waals surface area contributed by atoms with Gasteiger partial charge in [0.1, 0.15) is 5.60 Å². The second kappa shape index (κ2) is 5.73. The minimum absolute atomic E-state index is 0.213. The van der Waals surface area contributed by atoms with E-state index in [0.29, 0.717) is 6.54 Å². The van der Waals surface area contributed by atoms with Crippen LogP contribution in [-0.4, -0.2) is 6.09 Å². The summed E-state index contributed by atoms with van der Waals surface area (Å²) in [5, 5.41) is 0. The van der Waals surface area contributed by atoms with E-state index in [-0.39, 0.29) is 6.09 Å². The number of hydrogen-bond acceptors (Lipinski definition) is 2. The van der Waals surface area contributed by atoms with Gasteiger partial charge in [0.05, 0.1) is 12.2 Å². The molecule has 0 unspecified atom stereocenters. The van der Waals surface area contributed by atoms with Gasteiger partial charge >= 0.3 is 6.09 Å². The molecule has 3 heteroatoms. The Bertz CT molecular complexity index is 705. The summed E-state index contributed by atoms with van der Waals surface area (Å²) in [4.78, 5) is 14.5. The van der Waals surface area contributed by atoms with Crippen molar-refractivity contribution in [3.05, 3.63) is 65.7 Å². The first-order valence-electron chi connectivity index (χ1n) is 8.42. The minimum Gasteiger partial charge on any atom is -0.438 e. The lowest BCUT2D eigenvalue weighted by Crippen LogP contribution is -2.46. The van der Waals surface area contributed by atoms with E-state index in [1.807, 2.05) is 36.4 Å². The van der Waals surface area contributed by atoms with E-state index in [0.717, 1.165) is 36.9 Å². The highest BCUT2D eigenvalue weighted by molar-refractivity contribution is 5.91. The van der Waals surface area contributed by atoms with Gasteiger partial charge in [0, 0.05) is 5.56 Å². The highest BCUT2D eigenvalue weighted by Crippen LogP contribution is 2.47. The van der Waals surface area contributed by atoms with E-state index < -0.39 is 5.60 Å². The molecule has 2 aromatic rings. The topological polar surface area (TPSA) is 29.5 Å². The molecule has 0 atom stereocenters. The molecule has 23 heavy (non-hydrogen) atoms. The number of carbonyl (C=O) groups excluding carboxylic acids is 1. The number of fused-ring (bicyclic) bond motifs is 2. The van der Waals surface area contributed by atoms with Gasteiger partial charge in [0.2, 0.25) is 0 Å². The lowest BCUT2D eigenvalue weighted by Gasteiger charge is -2.44. The number of anilines is 1. The van der Waals surface area contributed by atoms with Gasteiger partial charge in [0.25, 0.3) is 0 Å². The Labute approximate surface area is 136 Å². The molecule has 0 aromatic heterocycles. The van der Waals surface area contributed by atoms with E-state index in [4.69, 9.17) is 4.74 Å². The Kier molecular flexibility index (Phi) is 3.56. The summed E-state index contributed by atoms with van der Waals surface area (Å²) in [5.41, 5.74) is 2.89. The lowest BCUT2D eigenvalue weighted by atomic mass is 9.78. The van der Waals surface area contributed by atoms with Crippen LogP contribution in [0.3, 0.4) is 0 Å². The summed E-state index contributed by atoms with van der Waals surface area (Å²) in [6.07, 6.45) is 5.15. The van der Waals surface area contributed by atoms with Gasteiger partial charge in [-0.15, -0.1) is 0 Å². The van der Waals surface area contributed by atoms with Crippen molar-refractivity contribution in [1.29, 1.82) is 0 Å². The van der Waals surface area contributed by atoms with Crippen LogP contribution in [0.1, 0.15) is 43.2 Å². The van der Waals surface area contributed by atoms with Crippen LogP contribution < -0.4 is 4.90 Å². The second-order valence-corrected chi connectivity index (χ2v) is 6.51. The van der Waals surface area contributed by atoms with Gasteiger partial charge in [-0.2, -0.15) is 0 Å². The number of hydrogen-bond donors (Lipinski definition) is 0. The van der Waals surface area contributed by atoms with Crippen LogP contribution >= 0.6 is 0 Å². The third kappa shape index (κ3) is 2.50. The molecule has 3 nitrogen and oxygen atoms in total. The van der Waals surface area contributed by atoms with Crippen LogP contribution in [0.25, 0.3) is 0 Å². The highest BCUT2D eigenvalue weighted by Gasteiger charge is 2.45. The van der Waals surface area contributed by atoms with Crippen LogP contribution in [-0.2, 0) is 16.9 Å². The van der Waals surface area contributed by atoms with Crippen molar-refractivity contribution < 1.29 is 9.53 Å². The highest BCUT2D eigenvalue weighted by atomic mass is 16.6. The van der Waals surface area contributed by atoms with Crippen LogP contribution in [0.15, 0.2) is 54.6 Å². The maximum absolute atomic E-state index is 12.7. The quantitative estimate of drug-likeness (QED) is 0.781. The van der Waals surface area contributed by atoms with Crippen LogP contribution in [0.4, 0.5) is 10.5 Å². The van der Waals surface area contributed by atoms with Crippen molar-refractivity contribution in [1.82, 2.24) is 0 Å². The summed E-state index contributed by atoms with van der Waals surface area (Å²) in [6.45, 7) is 0.548. The Hall–Kier alpha value is -2.29. The molecule has 1 aliphatic carbocycles. The number of para-hydroxylation sites is 1. The molecular formula is C20H21NO2. The summed E-state index contributed by atoms with van der Waals surface area (Å²) in [5.74, 6) is 0. The molecule has 1 spiro atoms. The van der Waals surface area contributed by atoms with E-state index in [9.17, 15) is 4.79 Å². The Balaban J connectivity index is 1.74. The Morgan fingerprint density at radius 3 is 2.39 bits per heavy atom. The molecular weight excluding hydrogens is 286 g/mol. The molecule has 118 valence electrons. The first-order chi connectivity index (χ1) is 11.3. The van der Waals surface area contributed by atoms with Gasteiger partial charge < -0.3 is 4.74 Å². The van der Waals surface area contributed by atoms with Crippen molar-refractivity contribution >= 4 is 11.8 Å². The third-order valence-corrected chi connectivity index (χ3v) is 5.03. The standard InChI is InChI=1S/C20H21NO2/c22-19-21(15-16-9-3-1-4-10-16)18-12-6-5-11-17(18)20(23-19)13-7-2-8-14-20/h1,3-6,9-12H,2,7-8,13-15H2. The van der Waals surface area contributed by atoms with E-state index in [1.165, 1.54) is 12.0 Å². The van der Waals surface area contributed by atoms with Crippen molar-refractivity contribution in [3.63, 3.8) is 0 Å². The van der Waals surface area contributed by atoms with Gasteiger partial charge in [-0.1, -0.05) is 55.0 Å². The van der Waals surface area contributed by atoms with Crippen molar-refractivity contribution in [2.45, 2.75) is 44.2 Å². The molecule has 1 amide bonds. The first-order valence-corrected chi connectivity index (χ1v) is 8.42. The fraction of sp³-hybridized carbons (Fsp3) is 0.350. The average Bonchev–Trinajstić information content (AvgIpc) is 2.60. The summed E-state index contributed by atoms with van der Waals surface area (Å²) < 4.78 is 6.01. The van der Waals surface area contributed by atoms with Gasteiger partial charge in [0.15, 0.2) is 0 Å².